The molecule has 7 heteroatoms. The second-order valence-corrected chi connectivity index (χ2v) is 9.41. The van der Waals surface area contributed by atoms with Gasteiger partial charge in [0, 0.05) is 17.1 Å². The quantitative estimate of drug-likeness (QED) is 0.834. The van der Waals surface area contributed by atoms with E-state index >= 15 is 0 Å². The second kappa shape index (κ2) is 5.94. The van der Waals surface area contributed by atoms with Crippen molar-refractivity contribution in [1.29, 1.82) is 0 Å². The summed E-state index contributed by atoms with van der Waals surface area (Å²) in [5.74, 6) is -0.259. The van der Waals surface area contributed by atoms with Crippen molar-refractivity contribution in [3.63, 3.8) is 0 Å². The molecule has 0 spiro atoms. The lowest BCUT2D eigenvalue weighted by atomic mass is 9.91. The fraction of sp³-hybridized carbons (Fsp3) is 0.533. The highest BCUT2D eigenvalue weighted by Crippen LogP contribution is 2.27. The van der Waals surface area contributed by atoms with Crippen molar-refractivity contribution in [2.45, 2.75) is 37.6 Å². The zero-order valence-corrected chi connectivity index (χ0v) is 15.3. The molecule has 0 aliphatic carbocycles. The standard InChI is InChI=1S/C15H21BrN2O3S/c1-10-11(2)22(20,21)9-8-18(10)14(19)15(3,17)12-4-6-13(16)7-5-12/h4-7,10-11H,8-9,17H2,1-3H3. The summed E-state index contributed by atoms with van der Waals surface area (Å²) in [4.78, 5) is 14.5. The monoisotopic (exact) mass is 388 g/mol. The number of amides is 1. The molecule has 1 aromatic rings. The van der Waals surface area contributed by atoms with Crippen LogP contribution in [-0.2, 0) is 20.2 Å². The summed E-state index contributed by atoms with van der Waals surface area (Å²) in [6.45, 7) is 5.26. The van der Waals surface area contributed by atoms with Crippen LogP contribution in [0.25, 0.3) is 0 Å². The van der Waals surface area contributed by atoms with Gasteiger partial charge in [-0.2, -0.15) is 0 Å². The van der Waals surface area contributed by atoms with Crippen molar-refractivity contribution < 1.29 is 13.2 Å². The van der Waals surface area contributed by atoms with Crippen molar-refractivity contribution in [3.8, 4) is 0 Å². The van der Waals surface area contributed by atoms with Crippen LogP contribution in [0.1, 0.15) is 26.3 Å². The fourth-order valence-electron chi connectivity index (χ4n) is 2.67. The number of rotatable bonds is 2. The summed E-state index contributed by atoms with van der Waals surface area (Å²) in [5, 5.41) is -0.578. The topological polar surface area (TPSA) is 80.5 Å². The number of halogens is 1. The minimum Gasteiger partial charge on any atom is -0.336 e. The molecule has 2 N–H and O–H groups in total. The summed E-state index contributed by atoms with van der Waals surface area (Å²) in [7, 11) is -3.13. The van der Waals surface area contributed by atoms with Gasteiger partial charge in [-0.25, -0.2) is 8.42 Å². The van der Waals surface area contributed by atoms with E-state index in [9.17, 15) is 13.2 Å². The van der Waals surface area contributed by atoms with Crippen molar-refractivity contribution in [2.75, 3.05) is 12.3 Å². The molecule has 5 nitrogen and oxygen atoms in total. The molecule has 1 heterocycles. The van der Waals surface area contributed by atoms with E-state index in [1.165, 1.54) is 0 Å². The molecule has 0 bridgehead atoms. The van der Waals surface area contributed by atoms with Gasteiger partial charge in [-0.05, 0) is 38.5 Å². The number of benzene rings is 1. The van der Waals surface area contributed by atoms with Crippen LogP contribution in [0.3, 0.4) is 0 Å². The second-order valence-electron chi connectivity index (χ2n) is 6.02. The first-order valence-corrected chi connectivity index (χ1v) is 9.66. The Kier molecular flexibility index (Phi) is 4.71. The maximum atomic E-state index is 12.9. The predicted octanol–water partition coefficient (Wildman–Crippen LogP) is 1.66. The number of sulfone groups is 1. The predicted molar refractivity (Wildman–Crippen MR) is 90.1 cm³/mol. The minimum absolute atomic E-state index is 0.0132. The van der Waals surface area contributed by atoms with Gasteiger partial charge in [-0.15, -0.1) is 0 Å². The third-order valence-electron chi connectivity index (χ3n) is 4.50. The van der Waals surface area contributed by atoms with Crippen molar-refractivity contribution >= 4 is 31.7 Å². The van der Waals surface area contributed by atoms with Crippen LogP contribution >= 0.6 is 15.9 Å². The minimum atomic E-state index is -3.13. The van der Waals surface area contributed by atoms with Gasteiger partial charge in [0.1, 0.15) is 5.54 Å². The molecular formula is C15H21BrN2O3S. The van der Waals surface area contributed by atoms with Gasteiger partial charge in [-0.1, -0.05) is 28.1 Å². The number of hydrogen-bond acceptors (Lipinski definition) is 4. The van der Waals surface area contributed by atoms with E-state index in [0.29, 0.717) is 5.56 Å². The third-order valence-corrected chi connectivity index (χ3v) is 7.31. The van der Waals surface area contributed by atoms with E-state index in [0.717, 1.165) is 4.47 Å². The van der Waals surface area contributed by atoms with E-state index in [2.05, 4.69) is 15.9 Å². The van der Waals surface area contributed by atoms with Crippen LogP contribution in [0.15, 0.2) is 28.7 Å². The average molecular weight is 389 g/mol. The Balaban J connectivity index is 2.29. The SMILES string of the molecule is CC1C(C)S(=O)(=O)CCN1C(=O)C(C)(N)c1ccc(Br)cc1. The molecule has 2 rings (SSSR count). The number of carbonyl (C=O) groups is 1. The highest BCUT2D eigenvalue weighted by molar-refractivity contribution is 9.10. The number of nitrogens with two attached hydrogens (primary N) is 1. The Morgan fingerprint density at radius 1 is 1.32 bits per heavy atom. The van der Waals surface area contributed by atoms with Crippen molar-refractivity contribution in [1.82, 2.24) is 4.90 Å². The zero-order valence-electron chi connectivity index (χ0n) is 12.9. The summed E-state index contributed by atoms with van der Waals surface area (Å²) in [5.41, 5.74) is 5.80. The summed E-state index contributed by atoms with van der Waals surface area (Å²) in [6, 6.07) is 6.89. The van der Waals surface area contributed by atoms with Crippen LogP contribution in [-0.4, -0.2) is 42.8 Å². The lowest BCUT2D eigenvalue weighted by Gasteiger charge is -2.41. The van der Waals surface area contributed by atoms with E-state index in [1.54, 1.807) is 37.8 Å². The van der Waals surface area contributed by atoms with E-state index < -0.39 is 20.6 Å². The number of carbonyl (C=O) groups excluding carboxylic acids is 1. The molecule has 1 saturated heterocycles. The van der Waals surface area contributed by atoms with Crippen LogP contribution in [0.2, 0.25) is 0 Å². The highest BCUT2D eigenvalue weighted by atomic mass is 79.9. The van der Waals surface area contributed by atoms with Crippen LogP contribution in [0.4, 0.5) is 0 Å². The lowest BCUT2D eigenvalue weighted by Crippen LogP contribution is -2.60. The smallest absolute Gasteiger partial charge is 0.247 e. The molecule has 0 radical (unpaired) electrons. The molecule has 22 heavy (non-hydrogen) atoms. The molecule has 3 atom stereocenters. The molecule has 1 aliphatic heterocycles. The summed E-state index contributed by atoms with van der Waals surface area (Å²) >= 11 is 3.35. The third kappa shape index (κ3) is 3.07. The normalized spacial score (nSPS) is 27.2. The van der Waals surface area contributed by atoms with Crippen LogP contribution < -0.4 is 5.73 Å². The van der Waals surface area contributed by atoms with Gasteiger partial charge in [0.2, 0.25) is 5.91 Å². The Morgan fingerprint density at radius 3 is 2.41 bits per heavy atom. The Bertz CT molecular complexity index is 671. The van der Waals surface area contributed by atoms with Crippen molar-refractivity contribution in [2.24, 2.45) is 5.73 Å². The first kappa shape index (κ1) is 17.4. The molecule has 0 saturated carbocycles. The van der Waals surface area contributed by atoms with E-state index in [-0.39, 0.29) is 24.2 Å². The fourth-order valence-corrected chi connectivity index (χ4v) is 4.51. The molecule has 0 aromatic heterocycles. The van der Waals surface area contributed by atoms with E-state index in [1.807, 2.05) is 12.1 Å². The Labute approximate surface area is 139 Å². The van der Waals surface area contributed by atoms with Crippen LogP contribution in [0, 0.1) is 0 Å². The summed E-state index contributed by atoms with van der Waals surface area (Å²) < 4.78 is 24.8. The van der Waals surface area contributed by atoms with Gasteiger partial charge in [0.05, 0.1) is 11.0 Å². The average Bonchev–Trinajstić information content (AvgIpc) is 2.45. The summed E-state index contributed by atoms with van der Waals surface area (Å²) in [6.07, 6.45) is 0. The maximum absolute atomic E-state index is 12.9. The highest BCUT2D eigenvalue weighted by Gasteiger charge is 2.43. The molecule has 3 unspecified atom stereocenters. The largest absolute Gasteiger partial charge is 0.336 e. The van der Waals surface area contributed by atoms with Gasteiger partial charge in [-0.3, -0.25) is 4.79 Å². The Hall–Kier alpha value is -0.920. The molecule has 1 aliphatic rings. The first-order chi connectivity index (χ1) is 10.1. The maximum Gasteiger partial charge on any atom is 0.247 e. The van der Waals surface area contributed by atoms with Crippen molar-refractivity contribution in [3.05, 3.63) is 34.3 Å². The molecule has 1 amide bonds. The first-order valence-electron chi connectivity index (χ1n) is 7.15. The van der Waals surface area contributed by atoms with E-state index in [4.69, 9.17) is 5.73 Å². The molecule has 1 aromatic carbocycles. The number of nitrogens with zero attached hydrogens (tertiary/aromatic N) is 1. The molecule has 122 valence electrons. The van der Waals surface area contributed by atoms with Gasteiger partial charge >= 0.3 is 0 Å². The van der Waals surface area contributed by atoms with Gasteiger partial charge in [0.15, 0.2) is 9.84 Å². The molecular weight excluding hydrogens is 368 g/mol. The van der Waals surface area contributed by atoms with Crippen LogP contribution in [0.5, 0.6) is 0 Å². The zero-order chi connectivity index (χ0) is 16.7. The lowest BCUT2D eigenvalue weighted by molar-refractivity contribution is -0.138. The molecule has 1 fully saturated rings. The number of hydrogen-bond donors (Lipinski definition) is 1. The van der Waals surface area contributed by atoms with Gasteiger partial charge in [0.25, 0.3) is 0 Å². The Morgan fingerprint density at radius 2 is 1.86 bits per heavy atom. The van der Waals surface area contributed by atoms with Gasteiger partial charge < -0.3 is 10.6 Å².